The third-order valence-electron chi connectivity index (χ3n) is 3.03. The number of anilines is 1. The van der Waals surface area contributed by atoms with Gasteiger partial charge in [-0.05, 0) is 17.7 Å². The molecule has 1 unspecified atom stereocenters. The van der Waals surface area contributed by atoms with E-state index in [0.717, 1.165) is 12.1 Å². The fourth-order valence-electron chi connectivity index (χ4n) is 1.93. The van der Waals surface area contributed by atoms with Gasteiger partial charge < -0.3 is 15.5 Å². The van der Waals surface area contributed by atoms with Crippen LogP contribution in [0.2, 0.25) is 0 Å². The highest BCUT2D eigenvalue weighted by Gasteiger charge is 2.20. The van der Waals surface area contributed by atoms with Crippen LogP contribution in [-0.4, -0.2) is 22.8 Å². The number of halogens is 2. The third-order valence-corrected chi connectivity index (χ3v) is 3.03. The van der Waals surface area contributed by atoms with Gasteiger partial charge in [0.1, 0.15) is 0 Å². The van der Waals surface area contributed by atoms with Crippen molar-refractivity contribution in [2.75, 3.05) is 11.9 Å². The molecule has 0 aliphatic heterocycles. The zero-order valence-electron chi connectivity index (χ0n) is 10.9. The van der Waals surface area contributed by atoms with Gasteiger partial charge in [0.15, 0.2) is 11.6 Å². The molecule has 0 radical (unpaired) electrons. The summed E-state index contributed by atoms with van der Waals surface area (Å²) in [6.45, 7) is -0.328. The number of carboxylic acids is 1. The van der Waals surface area contributed by atoms with Gasteiger partial charge >= 0.3 is 5.97 Å². The van der Waals surface area contributed by atoms with Crippen LogP contribution in [0.25, 0.3) is 0 Å². The Morgan fingerprint density at radius 3 is 2.33 bits per heavy atom. The second-order valence-corrected chi connectivity index (χ2v) is 4.38. The molecule has 4 nitrogen and oxygen atoms in total. The maximum Gasteiger partial charge on any atom is 0.338 e. The summed E-state index contributed by atoms with van der Waals surface area (Å²) in [4.78, 5) is 10.7. The number of carbonyl (C=O) groups is 1. The summed E-state index contributed by atoms with van der Waals surface area (Å²) in [6, 6.07) is 10.2. The van der Waals surface area contributed by atoms with Crippen molar-refractivity contribution in [1.82, 2.24) is 0 Å². The SMILES string of the molecule is O=C(O)c1ccc(NC(CO)c2ccccc2)c(F)c1F. The van der Waals surface area contributed by atoms with E-state index in [2.05, 4.69) is 5.32 Å². The predicted octanol–water partition coefficient (Wildman–Crippen LogP) is 2.81. The van der Waals surface area contributed by atoms with Crippen LogP contribution in [0.5, 0.6) is 0 Å². The molecule has 0 aromatic heterocycles. The number of hydrogen-bond acceptors (Lipinski definition) is 3. The number of hydrogen-bond donors (Lipinski definition) is 3. The first-order chi connectivity index (χ1) is 10.0. The van der Waals surface area contributed by atoms with Crippen molar-refractivity contribution in [3.63, 3.8) is 0 Å². The standard InChI is InChI=1S/C15H13F2NO3/c16-13-10(15(20)21)6-7-11(14(13)17)18-12(8-19)9-4-2-1-3-5-9/h1-7,12,18-19H,8H2,(H,20,21). The Bertz CT molecular complexity index is 647. The van der Waals surface area contributed by atoms with Crippen LogP contribution in [0.15, 0.2) is 42.5 Å². The van der Waals surface area contributed by atoms with Crippen LogP contribution in [-0.2, 0) is 0 Å². The zero-order chi connectivity index (χ0) is 15.4. The smallest absolute Gasteiger partial charge is 0.338 e. The van der Waals surface area contributed by atoms with Gasteiger partial charge in [-0.2, -0.15) is 0 Å². The third kappa shape index (κ3) is 3.17. The number of aliphatic hydroxyl groups excluding tert-OH is 1. The van der Waals surface area contributed by atoms with E-state index in [1.54, 1.807) is 30.3 Å². The van der Waals surface area contributed by atoms with E-state index in [1.807, 2.05) is 0 Å². The van der Waals surface area contributed by atoms with Crippen LogP contribution in [0, 0.1) is 11.6 Å². The number of carboxylic acid groups (broad SMARTS) is 1. The lowest BCUT2D eigenvalue weighted by molar-refractivity contribution is 0.0690. The summed E-state index contributed by atoms with van der Waals surface area (Å²) in [7, 11) is 0. The van der Waals surface area contributed by atoms with Crippen LogP contribution in [0.4, 0.5) is 14.5 Å². The molecule has 0 aliphatic carbocycles. The second kappa shape index (κ2) is 6.32. The lowest BCUT2D eigenvalue weighted by atomic mass is 10.1. The van der Waals surface area contributed by atoms with E-state index in [4.69, 9.17) is 5.11 Å². The largest absolute Gasteiger partial charge is 0.478 e. The lowest BCUT2D eigenvalue weighted by Crippen LogP contribution is -2.16. The van der Waals surface area contributed by atoms with Gasteiger partial charge in [-0.3, -0.25) is 0 Å². The average Bonchev–Trinajstić information content (AvgIpc) is 2.49. The van der Waals surface area contributed by atoms with Gasteiger partial charge in [0.2, 0.25) is 0 Å². The number of benzene rings is 2. The highest BCUT2D eigenvalue weighted by atomic mass is 19.2. The molecule has 3 N–H and O–H groups in total. The maximum absolute atomic E-state index is 13.9. The Balaban J connectivity index is 2.31. The minimum atomic E-state index is -1.54. The minimum Gasteiger partial charge on any atom is -0.478 e. The van der Waals surface area contributed by atoms with Gasteiger partial charge in [0.05, 0.1) is 23.9 Å². The van der Waals surface area contributed by atoms with Gasteiger partial charge in [0.25, 0.3) is 0 Å². The summed E-state index contributed by atoms with van der Waals surface area (Å²) in [5.41, 5.74) is -0.249. The molecule has 2 aromatic rings. The minimum absolute atomic E-state index is 0.208. The molecule has 0 saturated heterocycles. The molecule has 0 aliphatic rings. The first kappa shape index (κ1) is 14.9. The maximum atomic E-state index is 13.9. The van der Waals surface area contributed by atoms with Crippen molar-refractivity contribution in [1.29, 1.82) is 0 Å². The first-order valence-electron chi connectivity index (χ1n) is 6.18. The molecule has 6 heteroatoms. The van der Waals surface area contributed by atoms with Crippen molar-refractivity contribution in [2.45, 2.75) is 6.04 Å². The van der Waals surface area contributed by atoms with Crippen molar-refractivity contribution >= 4 is 11.7 Å². The van der Waals surface area contributed by atoms with E-state index in [-0.39, 0.29) is 12.3 Å². The molecule has 0 spiro atoms. The zero-order valence-corrected chi connectivity index (χ0v) is 10.9. The summed E-state index contributed by atoms with van der Waals surface area (Å²) < 4.78 is 27.5. The molecule has 21 heavy (non-hydrogen) atoms. The Kier molecular flexibility index (Phi) is 4.49. The summed E-state index contributed by atoms with van der Waals surface area (Å²) in [5, 5.41) is 20.8. The predicted molar refractivity (Wildman–Crippen MR) is 73.2 cm³/mol. The van der Waals surface area contributed by atoms with Gasteiger partial charge in [-0.1, -0.05) is 30.3 Å². The van der Waals surface area contributed by atoms with Crippen molar-refractivity contribution in [3.8, 4) is 0 Å². The second-order valence-electron chi connectivity index (χ2n) is 4.38. The molecule has 0 fully saturated rings. The highest BCUT2D eigenvalue weighted by Crippen LogP contribution is 2.25. The van der Waals surface area contributed by atoms with Crippen LogP contribution < -0.4 is 5.32 Å². The van der Waals surface area contributed by atoms with Gasteiger partial charge in [0, 0.05) is 0 Å². The van der Waals surface area contributed by atoms with E-state index < -0.39 is 29.2 Å². The van der Waals surface area contributed by atoms with Crippen molar-refractivity contribution in [3.05, 3.63) is 65.2 Å². The molecular formula is C15H13F2NO3. The Labute approximate surface area is 119 Å². The highest BCUT2D eigenvalue weighted by molar-refractivity contribution is 5.88. The van der Waals surface area contributed by atoms with Gasteiger partial charge in [-0.25, -0.2) is 13.6 Å². The molecule has 0 amide bonds. The van der Waals surface area contributed by atoms with Crippen LogP contribution in [0.3, 0.4) is 0 Å². The van der Waals surface area contributed by atoms with Crippen LogP contribution in [0.1, 0.15) is 22.0 Å². The molecule has 1 atom stereocenters. The molecule has 0 bridgehead atoms. The van der Waals surface area contributed by atoms with Gasteiger partial charge in [-0.15, -0.1) is 0 Å². The molecule has 2 rings (SSSR count). The first-order valence-corrected chi connectivity index (χ1v) is 6.18. The average molecular weight is 293 g/mol. The van der Waals surface area contributed by atoms with Crippen LogP contribution >= 0.6 is 0 Å². The van der Waals surface area contributed by atoms with E-state index >= 15 is 0 Å². The van der Waals surface area contributed by atoms with E-state index in [9.17, 15) is 18.7 Å². The number of aromatic carboxylic acids is 1. The Hall–Kier alpha value is -2.47. The lowest BCUT2D eigenvalue weighted by Gasteiger charge is -2.19. The number of aliphatic hydroxyl groups is 1. The number of nitrogens with one attached hydrogen (secondary N) is 1. The van der Waals surface area contributed by atoms with E-state index in [0.29, 0.717) is 5.56 Å². The fraction of sp³-hybridized carbons (Fsp3) is 0.133. The normalized spacial score (nSPS) is 12.0. The Morgan fingerprint density at radius 1 is 1.10 bits per heavy atom. The summed E-state index contributed by atoms with van der Waals surface area (Å²) >= 11 is 0. The summed E-state index contributed by atoms with van der Waals surface area (Å²) in [6.07, 6.45) is 0. The number of rotatable bonds is 5. The molecule has 2 aromatic carbocycles. The summed E-state index contributed by atoms with van der Waals surface area (Å²) in [5.74, 6) is -4.26. The molecule has 0 saturated carbocycles. The molecule has 110 valence electrons. The fourth-order valence-corrected chi connectivity index (χ4v) is 1.93. The quantitative estimate of drug-likeness (QED) is 0.793. The monoisotopic (exact) mass is 293 g/mol. The van der Waals surface area contributed by atoms with Crippen molar-refractivity contribution < 1.29 is 23.8 Å². The molecule has 0 heterocycles. The molecular weight excluding hydrogens is 280 g/mol. The van der Waals surface area contributed by atoms with E-state index in [1.165, 1.54) is 0 Å². The van der Waals surface area contributed by atoms with Crippen molar-refractivity contribution in [2.24, 2.45) is 0 Å². The topological polar surface area (TPSA) is 69.6 Å². The Morgan fingerprint density at radius 2 is 1.76 bits per heavy atom.